The molecule has 1 rings (SSSR count). The Kier molecular flexibility index (Phi) is 3.37. The summed E-state index contributed by atoms with van der Waals surface area (Å²) in [7, 11) is 0. The van der Waals surface area contributed by atoms with E-state index >= 15 is 0 Å². The second-order valence-electron chi connectivity index (χ2n) is 2.48. The Morgan fingerprint density at radius 1 is 1.54 bits per heavy atom. The fourth-order valence-corrected chi connectivity index (χ4v) is 1.30. The van der Waals surface area contributed by atoms with Crippen LogP contribution in [0.5, 0.6) is 0 Å². The molecule has 0 radical (unpaired) electrons. The summed E-state index contributed by atoms with van der Waals surface area (Å²) in [6.07, 6.45) is 1.16. The molecule has 13 heavy (non-hydrogen) atoms. The van der Waals surface area contributed by atoms with Crippen LogP contribution in [-0.2, 0) is 0 Å². The standard InChI is InChI=1S/C10H8BrFO/c1-2-9(12)10(13)7-4-3-5-8(11)6-7/h2-6H,1H3/b9-2-. The molecule has 0 aromatic heterocycles. The lowest BCUT2D eigenvalue weighted by Gasteiger charge is -1.97. The van der Waals surface area contributed by atoms with Crippen LogP contribution >= 0.6 is 15.9 Å². The second kappa shape index (κ2) is 4.33. The molecule has 0 aliphatic heterocycles. The van der Waals surface area contributed by atoms with Crippen LogP contribution in [0.2, 0.25) is 0 Å². The number of hydrogen-bond donors (Lipinski definition) is 0. The quantitative estimate of drug-likeness (QED) is 0.573. The van der Waals surface area contributed by atoms with E-state index in [4.69, 9.17) is 0 Å². The summed E-state index contributed by atoms with van der Waals surface area (Å²) >= 11 is 3.21. The molecule has 1 aromatic rings. The Morgan fingerprint density at radius 3 is 2.77 bits per heavy atom. The van der Waals surface area contributed by atoms with Crippen LogP contribution < -0.4 is 0 Å². The SMILES string of the molecule is C/C=C(\F)C(=O)c1cccc(Br)c1. The second-order valence-corrected chi connectivity index (χ2v) is 3.39. The number of halogens is 2. The van der Waals surface area contributed by atoms with Crippen molar-refractivity contribution in [3.8, 4) is 0 Å². The minimum atomic E-state index is -0.724. The summed E-state index contributed by atoms with van der Waals surface area (Å²) in [5.41, 5.74) is 0.352. The van der Waals surface area contributed by atoms with Crippen LogP contribution in [0, 0.1) is 0 Å². The highest BCUT2D eigenvalue weighted by Gasteiger charge is 2.10. The molecule has 0 atom stereocenters. The molecule has 1 nitrogen and oxygen atoms in total. The predicted molar refractivity (Wildman–Crippen MR) is 53.3 cm³/mol. The number of carbonyl (C=O) groups excluding carboxylic acids is 1. The summed E-state index contributed by atoms with van der Waals surface area (Å²) in [6.45, 7) is 1.49. The lowest BCUT2D eigenvalue weighted by Crippen LogP contribution is -1.98. The van der Waals surface area contributed by atoms with Gasteiger partial charge in [0.05, 0.1) is 0 Å². The van der Waals surface area contributed by atoms with Gasteiger partial charge in [0.15, 0.2) is 5.83 Å². The normalized spacial score (nSPS) is 11.5. The van der Waals surface area contributed by atoms with E-state index < -0.39 is 11.6 Å². The zero-order valence-corrected chi connectivity index (χ0v) is 8.64. The highest BCUT2D eigenvalue weighted by Crippen LogP contribution is 2.15. The van der Waals surface area contributed by atoms with Crippen molar-refractivity contribution in [3.63, 3.8) is 0 Å². The highest BCUT2D eigenvalue weighted by atomic mass is 79.9. The molecule has 0 heterocycles. The van der Waals surface area contributed by atoms with Crippen molar-refractivity contribution in [2.24, 2.45) is 0 Å². The van der Waals surface area contributed by atoms with Crippen molar-refractivity contribution in [1.29, 1.82) is 0 Å². The Labute approximate surface area is 84.4 Å². The van der Waals surface area contributed by atoms with E-state index in [1.54, 1.807) is 24.3 Å². The van der Waals surface area contributed by atoms with Crippen molar-refractivity contribution >= 4 is 21.7 Å². The van der Waals surface area contributed by atoms with Crippen LogP contribution in [0.3, 0.4) is 0 Å². The molecule has 3 heteroatoms. The Balaban J connectivity index is 3.03. The molecule has 0 saturated heterocycles. The molecule has 0 aliphatic rings. The summed E-state index contributed by atoms with van der Waals surface area (Å²) in [5, 5.41) is 0. The molecule has 68 valence electrons. The minimum absolute atomic E-state index is 0.352. The number of rotatable bonds is 2. The first-order chi connectivity index (χ1) is 6.15. The lowest BCUT2D eigenvalue weighted by atomic mass is 10.1. The summed E-state index contributed by atoms with van der Waals surface area (Å²) in [4.78, 5) is 11.3. The number of allylic oxidation sites excluding steroid dienone is 2. The Hall–Kier alpha value is -0.960. The third-order valence-corrected chi connectivity index (χ3v) is 2.05. The van der Waals surface area contributed by atoms with Gasteiger partial charge in [-0.15, -0.1) is 0 Å². The zero-order valence-electron chi connectivity index (χ0n) is 7.05. The van der Waals surface area contributed by atoms with Crippen molar-refractivity contribution in [2.45, 2.75) is 6.92 Å². The number of benzene rings is 1. The largest absolute Gasteiger partial charge is 0.286 e. The van der Waals surface area contributed by atoms with E-state index in [1.807, 2.05) is 0 Å². The van der Waals surface area contributed by atoms with Gasteiger partial charge in [-0.25, -0.2) is 4.39 Å². The van der Waals surface area contributed by atoms with Gasteiger partial charge in [0.1, 0.15) is 0 Å². The molecule has 0 spiro atoms. The Morgan fingerprint density at radius 2 is 2.23 bits per heavy atom. The van der Waals surface area contributed by atoms with Crippen LogP contribution in [0.4, 0.5) is 4.39 Å². The number of ketones is 1. The first-order valence-electron chi connectivity index (χ1n) is 3.77. The number of Topliss-reactive ketones (excluding diaryl/α,β-unsaturated/α-hetero) is 1. The molecule has 0 fully saturated rings. The van der Waals surface area contributed by atoms with Gasteiger partial charge in [0, 0.05) is 10.0 Å². The van der Waals surface area contributed by atoms with E-state index in [0.29, 0.717) is 5.56 Å². The molecule has 0 N–H and O–H groups in total. The number of carbonyl (C=O) groups is 1. The first-order valence-corrected chi connectivity index (χ1v) is 4.56. The van der Waals surface area contributed by atoms with E-state index in [9.17, 15) is 9.18 Å². The van der Waals surface area contributed by atoms with E-state index in [1.165, 1.54) is 6.92 Å². The van der Waals surface area contributed by atoms with E-state index in [0.717, 1.165) is 10.5 Å². The van der Waals surface area contributed by atoms with Crippen molar-refractivity contribution < 1.29 is 9.18 Å². The molecular formula is C10H8BrFO. The fraction of sp³-hybridized carbons (Fsp3) is 0.100. The smallest absolute Gasteiger partial charge is 0.221 e. The van der Waals surface area contributed by atoms with Crippen LogP contribution in [0.15, 0.2) is 40.6 Å². The van der Waals surface area contributed by atoms with Gasteiger partial charge in [-0.05, 0) is 25.1 Å². The minimum Gasteiger partial charge on any atom is -0.286 e. The van der Waals surface area contributed by atoms with Gasteiger partial charge in [-0.1, -0.05) is 28.1 Å². The number of hydrogen-bond acceptors (Lipinski definition) is 1. The van der Waals surface area contributed by atoms with Crippen molar-refractivity contribution in [2.75, 3.05) is 0 Å². The third-order valence-electron chi connectivity index (χ3n) is 1.56. The van der Waals surface area contributed by atoms with Gasteiger partial charge in [0.25, 0.3) is 0 Å². The van der Waals surface area contributed by atoms with Crippen LogP contribution in [0.25, 0.3) is 0 Å². The average molecular weight is 243 g/mol. The maximum absolute atomic E-state index is 12.8. The van der Waals surface area contributed by atoms with E-state index in [-0.39, 0.29) is 0 Å². The van der Waals surface area contributed by atoms with Gasteiger partial charge < -0.3 is 0 Å². The zero-order chi connectivity index (χ0) is 9.84. The fourth-order valence-electron chi connectivity index (χ4n) is 0.899. The predicted octanol–water partition coefficient (Wildman–Crippen LogP) is 3.51. The van der Waals surface area contributed by atoms with Gasteiger partial charge in [-0.2, -0.15) is 0 Å². The lowest BCUT2D eigenvalue weighted by molar-refractivity contribution is 0.100. The summed E-state index contributed by atoms with van der Waals surface area (Å²) in [5.74, 6) is -1.30. The molecule has 0 bridgehead atoms. The molecule has 0 unspecified atom stereocenters. The van der Waals surface area contributed by atoms with Crippen molar-refractivity contribution in [3.05, 3.63) is 46.2 Å². The molecule has 0 amide bonds. The molecule has 0 aliphatic carbocycles. The Bertz CT molecular complexity index is 358. The van der Waals surface area contributed by atoms with Crippen LogP contribution in [-0.4, -0.2) is 5.78 Å². The highest BCUT2D eigenvalue weighted by molar-refractivity contribution is 9.10. The maximum atomic E-state index is 12.8. The monoisotopic (exact) mass is 242 g/mol. The van der Waals surface area contributed by atoms with Gasteiger partial charge in [-0.3, -0.25) is 4.79 Å². The average Bonchev–Trinajstić information content (AvgIpc) is 2.15. The third kappa shape index (κ3) is 2.49. The molecule has 0 saturated carbocycles. The maximum Gasteiger partial charge on any atom is 0.221 e. The molecular weight excluding hydrogens is 235 g/mol. The topological polar surface area (TPSA) is 17.1 Å². The van der Waals surface area contributed by atoms with Crippen molar-refractivity contribution in [1.82, 2.24) is 0 Å². The summed E-state index contributed by atoms with van der Waals surface area (Å²) in [6, 6.07) is 6.65. The van der Waals surface area contributed by atoms with E-state index in [2.05, 4.69) is 15.9 Å². The molecule has 1 aromatic carbocycles. The van der Waals surface area contributed by atoms with Gasteiger partial charge >= 0.3 is 0 Å². The van der Waals surface area contributed by atoms with Crippen LogP contribution in [0.1, 0.15) is 17.3 Å². The van der Waals surface area contributed by atoms with Gasteiger partial charge in [0.2, 0.25) is 5.78 Å². The first kappa shape index (κ1) is 10.1. The summed E-state index contributed by atoms with van der Waals surface area (Å²) < 4.78 is 13.6.